The minimum Gasteiger partial charge on any atom is -0.339 e. The maximum absolute atomic E-state index is 12.9. The van der Waals surface area contributed by atoms with Gasteiger partial charge in [0, 0.05) is 51.7 Å². The average molecular weight is 391 g/mol. The molecular formula is C22H25N5O2. The van der Waals surface area contributed by atoms with Crippen LogP contribution in [-0.4, -0.2) is 64.3 Å². The zero-order valence-corrected chi connectivity index (χ0v) is 16.4. The summed E-state index contributed by atoms with van der Waals surface area (Å²) >= 11 is 0. The third-order valence-corrected chi connectivity index (χ3v) is 6.29. The second-order valence-corrected chi connectivity index (χ2v) is 8.09. The van der Waals surface area contributed by atoms with Crippen LogP contribution in [0.15, 0.2) is 42.7 Å². The minimum absolute atomic E-state index is 0.134. The predicted octanol–water partition coefficient (Wildman–Crippen LogP) is 1.35. The van der Waals surface area contributed by atoms with Crippen LogP contribution in [0.4, 0.5) is 5.95 Å². The lowest BCUT2D eigenvalue weighted by molar-refractivity contribution is -0.138. The molecule has 2 amide bonds. The van der Waals surface area contributed by atoms with Crippen molar-refractivity contribution in [2.45, 2.75) is 19.4 Å². The number of benzene rings is 1. The fraction of sp³-hybridized carbons (Fsp3) is 0.455. The van der Waals surface area contributed by atoms with E-state index in [0.717, 1.165) is 26.1 Å². The average Bonchev–Trinajstić information content (AvgIpc) is 3.59. The van der Waals surface area contributed by atoms with Gasteiger partial charge >= 0.3 is 0 Å². The third-order valence-electron chi connectivity index (χ3n) is 6.29. The van der Waals surface area contributed by atoms with Gasteiger partial charge in [-0.25, -0.2) is 9.97 Å². The number of fused-ring (bicyclic) bond motifs is 1. The molecule has 0 spiro atoms. The first-order chi connectivity index (χ1) is 14.2. The molecule has 2 unspecified atom stereocenters. The summed E-state index contributed by atoms with van der Waals surface area (Å²) in [5, 5.41) is 0. The summed E-state index contributed by atoms with van der Waals surface area (Å²) in [6.45, 7) is 4.19. The lowest BCUT2D eigenvalue weighted by Crippen LogP contribution is -2.50. The van der Waals surface area contributed by atoms with Crippen LogP contribution in [0.2, 0.25) is 0 Å². The van der Waals surface area contributed by atoms with Crippen LogP contribution in [0.1, 0.15) is 17.5 Å². The van der Waals surface area contributed by atoms with Gasteiger partial charge in [0.25, 0.3) is 0 Å². The molecule has 5 rings (SSSR count). The van der Waals surface area contributed by atoms with Gasteiger partial charge in [0.15, 0.2) is 0 Å². The Kier molecular flexibility index (Phi) is 4.66. The van der Waals surface area contributed by atoms with Crippen molar-refractivity contribution in [2.24, 2.45) is 11.8 Å². The van der Waals surface area contributed by atoms with Gasteiger partial charge in [0.2, 0.25) is 17.8 Å². The van der Waals surface area contributed by atoms with Gasteiger partial charge in [-0.15, -0.1) is 0 Å². The van der Waals surface area contributed by atoms with Gasteiger partial charge in [0.1, 0.15) is 0 Å². The lowest BCUT2D eigenvalue weighted by Gasteiger charge is -2.35. The molecule has 2 aromatic rings. The molecule has 7 heteroatoms. The number of amides is 2. The predicted molar refractivity (Wildman–Crippen MR) is 108 cm³/mol. The van der Waals surface area contributed by atoms with Crippen molar-refractivity contribution >= 4 is 17.8 Å². The molecule has 3 heterocycles. The summed E-state index contributed by atoms with van der Waals surface area (Å²) in [5.74, 6) is 0.718. The van der Waals surface area contributed by atoms with Crippen LogP contribution in [0.3, 0.4) is 0 Å². The third kappa shape index (κ3) is 3.57. The fourth-order valence-corrected chi connectivity index (χ4v) is 4.48. The van der Waals surface area contributed by atoms with Crippen molar-refractivity contribution in [1.29, 1.82) is 0 Å². The van der Waals surface area contributed by atoms with E-state index in [1.54, 1.807) is 18.5 Å². The molecule has 29 heavy (non-hydrogen) atoms. The second kappa shape index (κ2) is 7.46. The molecular weight excluding hydrogens is 366 g/mol. The van der Waals surface area contributed by atoms with E-state index in [9.17, 15) is 9.59 Å². The summed E-state index contributed by atoms with van der Waals surface area (Å²) in [5.41, 5.74) is 2.56. The number of hydrogen-bond acceptors (Lipinski definition) is 5. The molecule has 1 aromatic carbocycles. The summed E-state index contributed by atoms with van der Waals surface area (Å²) in [6, 6.07) is 10.1. The molecule has 7 nitrogen and oxygen atoms in total. The van der Waals surface area contributed by atoms with E-state index in [0.29, 0.717) is 32.0 Å². The smallest absolute Gasteiger partial charge is 0.226 e. The van der Waals surface area contributed by atoms with Gasteiger partial charge in [-0.2, -0.15) is 0 Å². The highest BCUT2D eigenvalue weighted by Crippen LogP contribution is 2.42. The number of aromatic nitrogens is 2. The highest BCUT2D eigenvalue weighted by atomic mass is 16.2. The van der Waals surface area contributed by atoms with Crippen molar-refractivity contribution in [2.75, 3.05) is 37.6 Å². The molecule has 1 aromatic heterocycles. The van der Waals surface area contributed by atoms with Crippen molar-refractivity contribution < 1.29 is 9.59 Å². The molecule has 1 saturated heterocycles. The van der Waals surface area contributed by atoms with E-state index in [4.69, 9.17) is 0 Å². The largest absolute Gasteiger partial charge is 0.339 e. The van der Waals surface area contributed by atoms with Crippen molar-refractivity contribution in [1.82, 2.24) is 19.8 Å². The highest BCUT2D eigenvalue weighted by Gasteiger charge is 2.51. The first kappa shape index (κ1) is 18.1. The SMILES string of the molecule is O=C(C1CC1C(=O)N1CCc2ccccc2C1)N1CCN(c2ncccn2)CC1. The van der Waals surface area contributed by atoms with Gasteiger partial charge in [-0.3, -0.25) is 9.59 Å². The molecule has 0 radical (unpaired) electrons. The van der Waals surface area contributed by atoms with Crippen molar-refractivity contribution in [3.05, 3.63) is 53.9 Å². The number of piperazine rings is 1. The van der Waals surface area contributed by atoms with Crippen molar-refractivity contribution in [3.8, 4) is 0 Å². The molecule has 2 fully saturated rings. The Morgan fingerprint density at radius 2 is 1.45 bits per heavy atom. The second-order valence-electron chi connectivity index (χ2n) is 8.09. The Morgan fingerprint density at radius 1 is 0.793 bits per heavy atom. The normalized spacial score (nSPS) is 23.5. The summed E-state index contributed by atoms with van der Waals surface area (Å²) in [4.78, 5) is 40.4. The van der Waals surface area contributed by atoms with E-state index < -0.39 is 0 Å². The number of carbonyl (C=O) groups is 2. The van der Waals surface area contributed by atoms with Gasteiger partial charge in [-0.1, -0.05) is 24.3 Å². The number of hydrogen-bond donors (Lipinski definition) is 0. The molecule has 2 aliphatic heterocycles. The Labute approximate surface area is 170 Å². The molecule has 1 saturated carbocycles. The molecule has 1 aliphatic carbocycles. The first-order valence-corrected chi connectivity index (χ1v) is 10.4. The van der Waals surface area contributed by atoms with E-state index >= 15 is 0 Å². The molecule has 0 bridgehead atoms. The number of anilines is 1. The number of carbonyl (C=O) groups excluding carboxylic acids is 2. The summed E-state index contributed by atoms with van der Waals surface area (Å²) in [7, 11) is 0. The topological polar surface area (TPSA) is 69.6 Å². The molecule has 2 atom stereocenters. The monoisotopic (exact) mass is 391 g/mol. The highest BCUT2D eigenvalue weighted by molar-refractivity contribution is 5.92. The van der Waals surface area contributed by atoms with Gasteiger partial charge in [0.05, 0.1) is 11.8 Å². The fourth-order valence-electron chi connectivity index (χ4n) is 4.48. The molecule has 3 aliphatic rings. The van der Waals surface area contributed by atoms with Gasteiger partial charge < -0.3 is 14.7 Å². The van der Waals surface area contributed by atoms with Gasteiger partial charge in [-0.05, 0) is 30.0 Å². The standard InChI is InChI=1S/C22H25N5O2/c28-20(25-10-12-26(13-11-25)22-23-7-3-8-24-22)18-14-19(18)21(29)27-9-6-16-4-1-2-5-17(16)15-27/h1-5,7-8,18-19H,6,9-15H2. The van der Waals surface area contributed by atoms with Crippen LogP contribution >= 0.6 is 0 Å². The van der Waals surface area contributed by atoms with E-state index in [-0.39, 0.29) is 23.7 Å². The maximum atomic E-state index is 12.9. The van der Waals surface area contributed by atoms with Crippen LogP contribution in [0, 0.1) is 11.8 Å². The lowest BCUT2D eigenvalue weighted by atomic mass is 9.99. The number of nitrogens with zero attached hydrogens (tertiary/aromatic N) is 5. The zero-order chi connectivity index (χ0) is 19.8. The summed E-state index contributed by atoms with van der Waals surface area (Å²) in [6.07, 6.45) is 5.06. The Balaban J connectivity index is 1.15. The van der Waals surface area contributed by atoms with E-state index in [2.05, 4.69) is 33.1 Å². The quantitative estimate of drug-likeness (QED) is 0.790. The van der Waals surface area contributed by atoms with Crippen molar-refractivity contribution in [3.63, 3.8) is 0 Å². The first-order valence-electron chi connectivity index (χ1n) is 10.4. The van der Waals surface area contributed by atoms with Crippen LogP contribution in [0.5, 0.6) is 0 Å². The number of rotatable bonds is 3. The summed E-state index contributed by atoms with van der Waals surface area (Å²) < 4.78 is 0. The zero-order valence-electron chi connectivity index (χ0n) is 16.4. The van der Waals surface area contributed by atoms with Crippen LogP contribution in [-0.2, 0) is 22.6 Å². The van der Waals surface area contributed by atoms with E-state index in [1.807, 2.05) is 15.9 Å². The molecule has 150 valence electrons. The van der Waals surface area contributed by atoms with E-state index in [1.165, 1.54) is 11.1 Å². The molecule has 0 N–H and O–H groups in total. The maximum Gasteiger partial charge on any atom is 0.226 e. The Bertz CT molecular complexity index is 910. The minimum atomic E-state index is -0.140. The van der Waals surface area contributed by atoms with Crippen LogP contribution < -0.4 is 4.90 Å². The van der Waals surface area contributed by atoms with Crippen LogP contribution in [0.25, 0.3) is 0 Å². The Hall–Kier alpha value is -2.96. The Morgan fingerprint density at radius 3 is 2.17 bits per heavy atom.